The topological polar surface area (TPSA) is 66.5 Å². The highest BCUT2D eigenvalue weighted by atomic mass is 16.5. The quantitative estimate of drug-likeness (QED) is 0.855. The van der Waals surface area contributed by atoms with Gasteiger partial charge in [0.05, 0.1) is 12.7 Å². The predicted octanol–water partition coefficient (Wildman–Crippen LogP) is 0.716. The molecule has 1 aromatic heterocycles. The summed E-state index contributed by atoms with van der Waals surface area (Å²) in [5.41, 5.74) is 0.428. The van der Waals surface area contributed by atoms with E-state index in [0.717, 1.165) is 19.7 Å². The molecule has 2 unspecified atom stereocenters. The zero-order chi connectivity index (χ0) is 14.7. The standard InChI is InChI=1S/C15H22N4O2/c1-16-14-6-2-5-13(18-14)15(20)17-8-12-9-19-7-3-4-11(19)10-21-12/h2,5-6,11-12H,3-4,7-10H2,1H3,(H,16,18)(H,17,20). The number of carbonyl (C=O) groups excluding carboxylic acids is 1. The molecule has 0 aromatic carbocycles. The van der Waals surface area contributed by atoms with Gasteiger partial charge in [-0.2, -0.15) is 0 Å². The second-order valence-electron chi connectivity index (χ2n) is 5.61. The van der Waals surface area contributed by atoms with E-state index in [1.165, 1.54) is 12.8 Å². The van der Waals surface area contributed by atoms with Crippen LogP contribution in [0.25, 0.3) is 0 Å². The molecule has 2 saturated heterocycles. The third kappa shape index (κ3) is 3.33. The number of aromatic nitrogens is 1. The lowest BCUT2D eigenvalue weighted by atomic mass is 10.2. The molecule has 114 valence electrons. The van der Waals surface area contributed by atoms with Crippen molar-refractivity contribution in [2.24, 2.45) is 0 Å². The van der Waals surface area contributed by atoms with Gasteiger partial charge in [-0.3, -0.25) is 9.69 Å². The summed E-state index contributed by atoms with van der Waals surface area (Å²) < 4.78 is 5.83. The first-order chi connectivity index (χ1) is 10.3. The highest BCUT2D eigenvalue weighted by Crippen LogP contribution is 2.22. The maximum atomic E-state index is 12.1. The van der Waals surface area contributed by atoms with E-state index in [4.69, 9.17) is 4.74 Å². The molecule has 6 heteroatoms. The Morgan fingerprint density at radius 1 is 1.52 bits per heavy atom. The van der Waals surface area contributed by atoms with Crippen LogP contribution in [-0.2, 0) is 4.74 Å². The normalized spacial score (nSPS) is 25.4. The van der Waals surface area contributed by atoms with Crippen LogP contribution in [0.1, 0.15) is 23.3 Å². The summed E-state index contributed by atoms with van der Waals surface area (Å²) in [5.74, 6) is 0.538. The van der Waals surface area contributed by atoms with Crippen molar-refractivity contribution < 1.29 is 9.53 Å². The second kappa shape index (κ2) is 6.41. The number of rotatable bonds is 4. The number of hydrogen-bond donors (Lipinski definition) is 2. The van der Waals surface area contributed by atoms with Crippen molar-refractivity contribution in [3.8, 4) is 0 Å². The SMILES string of the molecule is CNc1cccc(C(=O)NCC2CN3CCCC3CO2)n1. The van der Waals surface area contributed by atoms with Crippen LogP contribution in [0.15, 0.2) is 18.2 Å². The zero-order valence-electron chi connectivity index (χ0n) is 12.3. The predicted molar refractivity (Wildman–Crippen MR) is 80.5 cm³/mol. The molecule has 2 aliphatic heterocycles. The average molecular weight is 290 g/mol. The number of carbonyl (C=O) groups is 1. The Morgan fingerprint density at radius 3 is 3.29 bits per heavy atom. The Labute approximate surface area is 124 Å². The molecule has 3 heterocycles. The third-order valence-electron chi connectivity index (χ3n) is 4.19. The van der Waals surface area contributed by atoms with E-state index >= 15 is 0 Å². The van der Waals surface area contributed by atoms with E-state index in [0.29, 0.717) is 24.1 Å². The van der Waals surface area contributed by atoms with Gasteiger partial charge in [-0.15, -0.1) is 0 Å². The number of amides is 1. The molecular formula is C15H22N4O2. The van der Waals surface area contributed by atoms with Crippen LogP contribution >= 0.6 is 0 Å². The molecule has 1 amide bonds. The Balaban J connectivity index is 1.51. The Hall–Kier alpha value is -1.66. The second-order valence-corrected chi connectivity index (χ2v) is 5.61. The first-order valence-corrected chi connectivity index (χ1v) is 7.55. The van der Waals surface area contributed by atoms with Crippen molar-refractivity contribution in [2.75, 3.05) is 38.6 Å². The molecule has 0 radical (unpaired) electrons. The number of nitrogens with zero attached hydrogens (tertiary/aromatic N) is 2. The molecule has 2 atom stereocenters. The molecule has 2 fully saturated rings. The van der Waals surface area contributed by atoms with Gasteiger partial charge in [-0.1, -0.05) is 6.07 Å². The maximum Gasteiger partial charge on any atom is 0.270 e. The molecule has 21 heavy (non-hydrogen) atoms. The summed E-state index contributed by atoms with van der Waals surface area (Å²) in [7, 11) is 1.78. The fourth-order valence-corrected chi connectivity index (χ4v) is 3.01. The number of anilines is 1. The molecule has 1 aromatic rings. The lowest BCUT2D eigenvalue weighted by molar-refractivity contribution is -0.0462. The van der Waals surface area contributed by atoms with Crippen molar-refractivity contribution in [3.05, 3.63) is 23.9 Å². The Morgan fingerprint density at radius 2 is 2.43 bits per heavy atom. The van der Waals surface area contributed by atoms with E-state index in [-0.39, 0.29) is 12.0 Å². The van der Waals surface area contributed by atoms with Gasteiger partial charge >= 0.3 is 0 Å². The average Bonchev–Trinajstić information content (AvgIpc) is 3.00. The van der Waals surface area contributed by atoms with E-state index in [9.17, 15) is 4.79 Å². The summed E-state index contributed by atoms with van der Waals surface area (Å²) in [6, 6.07) is 5.95. The number of ether oxygens (including phenoxy) is 1. The lowest BCUT2D eigenvalue weighted by Crippen LogP contribution is -2.50. The van der Waals surface area contributed by atoms with Gasteiger partial charge in [-0.05, 0) is 31.5 Å². The summed E-state index contributed by atoms with van der Waals surface area (Å²) >= 11 is 0. The molecule has 0 bridgehead atoms. The van der Waals surface area contributed by atoms with E-state index < -0.39 is 0 Å². The van der Waals surface area contributed by atoms with Gasteiger partial charge in [0.1, 0.15) is 11.5 Å². The van der Waals surface area contributed by atoms with Crippen molar-refractivity contribution in [2.45, 2.75) is 25.0 Å². The van der Waals surface area contributed by atoms with Gasteiger partial charge in [0.2, 0.25) is 0 Å². The maximum absolute atomic E-state index is 12.1. The van der Waals surface area contributed by atoms with Crippen LogP contribution in [0.4, 0.5) is 5.82 Å². The molecular weight excluding hydrogens is 268 g/mol. The van der Waals surface area contributed by atoms with Crippen LogP contribution in [0, 0.1) is 0 Å². The van der Waals surface area contributed by atoms with Gasteiger partial charge in [-0.25, -0.2) is 4.98 Å². The van der Waals surface area contributed by atoms with Gasteiger partial charge in [0.15, 0.2) is 0 Å². The van der Waals surface area contributed by atoms with Crippen LogP contribution in [0.2, 0.25) is 0 Å². The van der Waals surface area contributed by atoms with Gasteiger partial charge in [0, 0.05) is 26.2 Å². The van der Waals surface area contributed by atoms with Crippen molar-refractivity contribution in [1.82, 2.24) is 15.2 Å². The highest BCUT2D eigenvalue weighted by molar-refractivity contribution is 5.92. The zero-order valence-corrected chi connectivity index (χ0v) is 12.3. The smallest absolute Gasteiger partial charge is 0.270 e. The Kier molecular flexibility index (Phi) is 4.36. The minimum absolute atomic E-state index is 0.0794. The van der Waals surface area contributed by atoms with Crippen molar-refractivity contribution >= 4 is 11.7 Å². The minimum atomic E-state index is -0.153. The van der Waals surface area contributed by atoms with Crippen LogP contribution in [0.5, 0.6) is 0 Å². The molecule has 2 aliphatic rings. The largest absolute Gasteiger partial charge is 0.373 e. The summed E-state index contributed by atoms with van der Waals surface area (Å²) in [4.78, 5) is 18.8. The van der Waals surface area contributed by atoms with Crippen LogP contribution in [-0.4, -0.2) is 61.2 Å². The summed E-state index contributed by atoms with van der Waals surface area (Å²) in [6.07, 6.45) is 2.57. The molecule has 6 nitrogen and oxygen atoms in total. The van der Waals surface area contributed by atoms with E-state index in [1.54, 1.807) is 13.1 Å². The number of hydrogen-bond acceptors (Lipinski definition) is 5. The monoisotopic (exact) mass is 290 g/mol. The van der Waals surface area contributed by atoms with Crippen LogP contribution in [0.3, 0.4) is 0 Å². The first-order valence-electron chi connectivity index (χ1n) is 7.55. The van der Waals surface area contributed by atoms with Crippen molar-refractivity contribution in [1.29, 1.82) is 0 Å². The summed E-state index contributed by atoms with van der Waals surface area (Å²) in [6.45, 7) is 3.39. The molecule has 0 aliphatic carbocycles. The van der Waals surface area contributed by atoms with Crippen molar-refractivity contribution in [3.63, 3.8) is 0 Å². The first kappa shape index (κ1) is 14.3. The fourth-order valence-electron chi connectivity index (χ4n) is 3.01. The molecule has 3 rings (SSSR count). The third-order valence-corrected chi connectivity index (χ3v) is 4.19. The number of pyridine rings is 1. The van der Waals surface area contributed by atoms with Gasteiger partial charge < -0.3 is 15.4 Å². The minimum Gasteiger partial charge on any atom is -0.373 e. The highest BCUT2D eigenvalue weighted by Gasteiger charge is 2.32. The number of fused-ring (bicyclic) bond motifs is 1. The van der Waals surface area contributed by atoms with E-state index in [1.807, 2.05) is 12.1 Å². The molecule has 0 saturated carbocycles. The Bertz CT molecular complexity index is 508. The van der Waals surface area contributed by atoms with E-state index in [2.05, 4.69) is 20.5 Å². The molecule has 2 N–H and O–H groups in total. The number of nitrogens with one attached hydrogen (secondary N) is 2. The van der Waals surface area contributed by atoms with Crippen LogP contribution < -0.4 is 10.6 Å². The summed E-state index contributed by atoms with van der Waals surface area (Å²) in [5, 5.41) is 5.85. The number of morpholine rings is 1. The van der Waals surface area contributed by atoms with Gasteiger partial charge in [0.25, 0.3) is 5.91 Å². The fraction of sp³-hybridized carbons (Fsp3) is 0.600. The lowest BCUT2D eigenvalue weighted by Gasteiger charge is -2.35. The molecule has 0 spiro atoms.